The number of carbonyl (C=O) groups excluding carboxylic acids is 2. The third-order valence-electron chi connectivity index (χ3n) is 3.49. The second-order valence-electron chi connectivity index (χ2n) is 5.18. The van der Waals surface area contributed by atoms with E-state index in [1.165, 1.54) is 0 Å². The Bertz CT molecular complexity index is 761. The molecule has 1 heterocycles. The molecule has 2 aromatic carbocycles. The van der Waals surface area contributed by atoms with Gasteiger partial charge in [-0.2, -0.15) is 0 Å². The van der Waals surface area contributed by atoms with Gasteiger partial charge in [0.25, 0.3) is 5.91 Å². The van der Waals surface area contributed by atoms with E-state index in [9.17, 15) is 9.59 Å². The molecule has 0 spiro atoms. The van der Waals surface area contributed by atoms with Crippen LogP contribution in [0.1, 0.15) is 12.0 Å². The highest BCUT2D eigenvalue weighted by Gasteiger charge is 2.15. The summed E-state index contributed by atoms with van der Waals surface area (Å²) in [5.74, 6) is 0.407. The third-order valence-corrected chi connectivity index (χ3v) is 4.18. The minimum atomic E-state index is -0.233. The first kappa shape index (κ1) is 15.6. The van der Waals surface area contributed by atoms with Crippen LogP contribution in [0.15, 0.2) is 46.9 Å². The van der Waals surface area contributed by atoms with E-state index in [4.69, 9.17) is 4.74 Å². The molecule has 0 atom stereocenters. The van der Waals surface area contributed by atoms with Crippen molar-refractivity contribution in [3.8, 4) is 5.75 Å². The number of halogens is 1. The average molecular weight is 375 g/mol. The summed E-state index contributed by atoms with van der Waals surface area (Å²) in [7, 11) is 0. The van der Waals surface area contributed by atoms with Crippen molar-refractivity contribution < 1.29 is 14.3 Å². The van der Waals surface area contributed by atoms with Crippen LogP contribution < -0.4 is 15.4 Å². The summed E-state index contributed by atoms with van der Waals surface area (Å²) in [4.78, 5) is 23.3. The average Bonchev–Trinajstić information content (AvgIpc) is 2.55. The highest BCUT2D eigenvalue weighted by Crippen LogP contribution is 2.27. The van der Waals surface area contributed by atoms with Crippen molar-refractivity contribution in [3.05, 3.63) is 52.5 Å². The molecule has 0 bridgehead atoms. The van der Waals surface area contributed by atoms with Crippen molar-refractivity contribution in [2.75, 3.05) is 17.2 Å². The SMILES string of the molecule is O=C(COc1ccc2c(c1)CCC(=O)N2)Nc1ccccc1Br. The molecule has 1 aliphatic heterocycles. The van der Waals surface area contributed by atoms with Crippen molar-refractivity contribution >= 4 is 39.1 Å². The van der Waals surface area contributed by atoms with E-state index in [1.54, 1.807) is 12.1 Å². The molecule has 0 aromatic heterocycles. The number of ether oxygens (including phenoxy) is 1. The Morgan fingerprint density at radius 2 is 2.04 bits per heavy atom. The summed E-state index contributed by atoms with van der Waals surface area (Å²) >= 11 is 3.38. The molecule has 1 aliphatic rings. The highest BCUT2D eigenvalue weighted by molar-refractivity contribution is 9.10. The van der Waals surface area contributed by atoms with Crippen molar-refractivity contribution in [2.45, 2.75) is 12.8 Å². The van der Waals surface area contributed by atoms with Crippen LogP contribution in [0.25, 0.3) is 0 Å². The van der Waals surface area contributed by atoms with Gasteiger partial charge >= 0.3 is 0 Å². The van der Waals surface area contributed by atoms with Gasteiger partial charge in [0, 0.05) is 16.6 Å². The number of hydrogen-bond acceptors (Lipinski definition) is 3. The van der Waals surface area contributed by atoms with Crippen molar-refractivity contribution in [1.29, 1.82) is 0 Å². The number of fused-ring (bicyclic) bond motifs is 1. The molecule has 118 valence electrons. The standard InChI is InChI=1S/C17H15BrN2O3/c18-13-3-1-2-4-15(13)20-17(22)10-23-12-6-7-14-11(9-12)5-8-16(21)19-14/h1-4,6-7,9H,5,8,10H2,(H,19,21)(H,20,22). The summed E-state index contributed by atoms with van der Waals surface area (Å²) < 4.78 is 6.35. The topological polar surface area (TPSA) is 67.4 Å². The Hall–Kier alpha value is -2.34. The van der Waals surface area contributed by atoms with E-state index in [1.807, 2.05) is 30.3 Å². The maximum absolute atomic E-state index is 12.0. The second kappa shape index (κ2) is 6.83. The Morgan fingerprint density at radius 3 is 2.87 bits per heavy atom. The monoisotopic (exact) mass is 374 g/mol. The first-order valence-electron chi connectivity index (χ1n) is 7.22. The lowest BCUT2D eigenvalue weighted by Crippen LogP contribution is -2.21. The number of hydrogen-bond donors (Lipinski definition) is 2. The largest absolute Gasteiger partial charge is 0.484 e. The van der Waals surface area contributed by atoms with Crippen molar-refractivity contribution in [3.63, 3.8) is 0 Å². The van der Waals surface area contributed by atoms with Gasteiger partial charge < -0.3 is 15.4 Å². The van der Waals surface area contributed by atoms with Gasteiger partial charge in [0.15, 0.2) is 6.61 Å². The first-order valence-corrected chi connectivity index (χ1v) is 8.01. The molecular formula is C17H15BrN2O3. The zero-order valence-electron chi connectivity index (χ0n) is 12.3. The van der Waals surface area contributed by atoms with Crippen LogP contribution >= 0.6 is 15.9 Å². The smallest absolute Gasteiger partial charge is 0.262 e. The predicted molar refractivity (Wildman–Crippen MR) is 91.7 cm³/mol. The third kappa shape index (κ3) is 3.90. The fourth-order valence-electron chi connectivity index (χ4n) is 2.35. The molecule has 3 rings (SSSR count). The molecule has 2 N–H and O–H groups in total. The van der Waals surface area contributed by atoms with E-state index in [-0.39, 0.29) is 18.4 Å². The van der Waals surface area contributed by atoms with Gasteiger partial charge in [-0.15, -0.1) is 0 Å². The highest BCUT2D eigenvalue weighted by atomic mass is 79.9. The Kier molecular flexibility index (Phi) is 4.62. The molecule has 0 aliphatic carbocycles. The summed E-state index contributed by atoms with van der Waals surface area (Å²) in [6, 6.07) is 12.8. The van der Waals surface area contributed by atoms with E-state index in [0.29, 0.717) is 24.3 Å². The van der Waals surface area contributed by atoms with Gasteiger partial charge in [0.05, 0.1) is 5.69 Å². The number of rotatable bonds is 4. The molecule has 2 aromatic rings. The molecule has 0 radical (unpaired) electrons. The van der Waals surface area contributed by atoms with Crippen LogP contribution in [0.5, 0.6) is 5.75 Å². The van der Waals surface area contributed by atoms with Crippen LogP contribution in [0.2, 0.25) is 0 Å². The molecule has 2 amide bonds. The molecule has 0 saturated carbocycles. The van der Waals surface area contributed by atoms with Gasteiger partial charge in [-0.1, -0.05) is 12.1 Å². The van der Waals surface area contributed by atoms with E-state index < -0.39 is 0 Å². The molecule has 0 saturated heterocycles. The number of para-hydroxylation sites is 1. The van der Waals surface area contributed by atoms with Crippen molar-refractivity contribution in [2.24, 2.45) is 0 Å². The van der Waals surface area contributed by atoms with Gasteiger partial charge in [-0.05, 0) is 58.2 Å². The predicted octanol–water partition coefficient (Wildman–Crippen LogP) is 3.35. The van der Waals surface area contributed by atoms with Crippen LogP contribution in [0.3, 0.4) is 0 Å². The lowest BCUT2D eigenvalue weighted by atomic mass is 10.0. The van der Waals surface area contributed by atoms with E-state index in [0.717, 1.165) is 15.7 Å². The fourth-order valence-corrected chi connectivity index (χ4v) is 2.73. The number of anilines is 2. The second-order valence-corrected chi connectivity index (χ2v) is 6.04. The van der Waals surface area contributed by atoms with Gasteiger partial charge in [0.2, 0.25) is 5.91 Å². The summed E-state index contributed by atoms with van der Waals surface area (Å²) in [5, 5.41) is 5.59. The van der Waals surface area contributed by atoms with Gasteiger partial charge in [-0.25, -0.2) is 0 Å². The molecule has 0 fully saturated rings. The van der Waals surface area contributed by atoms with E-state index >= 15 is 0 Å². The number of carbonyl (C=O) groups is 2. The van der Waals surface area contributed by atoms with Crippen LogP contribution in [0.4, 0.5) is 11.4 Å². The molecular weight excluding hydrogens is 360 g/mol. The fraction of sp³-hybridized carbons (Fsp3) is 0.176. The molecule has 23 heavy (non-hydrogen) atoms. The Morgan fingerprint density at radius 1 is 1.22 bits per heavy atom. The lowest BCUT2D eigenvalue weighted by Gasteiger charge is -2.17. The first-order chi connectivity index (χ1) is 11.1. The minimum absolute atomic E-state index is 0.0268. The Labute approximate surface area is 142 Å². The summed E-state index contributed by atoms with van der Waals surface area (Å²) in [6.45, 7) is -0.0769. The van der Waals surface area contributed by atoms with Crippen LogP contribution in [0, 0.1) is 0 Å². The van der Waals surface area contributed by atoms with E-state index in [2.05, 4.69) is 26.6 Å². The molecule has 5 nitrogen and oxygen atoms in total. The number of nitrogens with one attached hydrogen (secondary N) is 2. The van der Waals surface area contributed by atoms with Crippen LogP contribution in [-0.4, -0.2) is 18.4 Å². The Balaban J connectivity index is 1.59. The van der Waals surface area contributed by atoms with Crippen molar-refractivity contribution in [1.82, 2.24) is 0 Å². The summed E-state index contributed by atoms with van der Waals surface area (Å²) in [6.07, 6.45) is 1.15. The molecule has 0 unspecified atom stereocenters. The number of benzene rings is 2. The maximum Gasteiger partial charge on any atom is 0.262 e. The maximum atomic E-state index is 12.0. The minimum Gasteiger partial charge on any atom is -0.484 e. The number of aryl methyl sites for hydroxylation is 1. The number of amides is 2. The summed E-state index contributed by atoms with van der Waals surface area (Å²) in [5.41, 5.74) is 2.54. The quantitative estimate of drug-likeness (QED) is 0.861. The normalized spacial score (nSPS) is 13.0. The van der Waals surface area contributed by atoms with Crippen LogP contribution in [-0.2, 0) is 16.0 Å². The zero-order chi connectivity index (χ0) is 16.2. The van der Waals surface area contributed by atoms with Gasteiger partial charge in [-0.3, -0.25) is 9.59 Å². The zero-order valence-corrected chi connectivity index (χ0v) is 13.9. The molecule has 6 heteroatoms. The van der Waals surface area contributed by atoms with Gasteiger partial charge in [0.1, 0.15) is 5.75 Å². The lowest BCUT2D eigenvalue weighted by molar-refractivity contribution is -0.118.